The Labute approximate surface area is 140 Å². The molecule has 1 aromatic rings. The number of nitrogens with zero attached hydrogens (tertiary/aromatic N) is 3. The molecule has 0 spiro atoms. The van der Waals surface area contributed by atoms with E-state index in [1.807, 2.05) is 11.7 Å². The van der Waals surface area contributed by atoms with E-state index in [4.69, 9.17) is 4.74 Å². The minimum atomic E-state index is 0.281. The first-order chi connectivity index (χ1) is 11.0. The van der Waals surface area contributed by atoms with Crippen LogP contribution in [0.4, 0.5) is 0 Å². The van der Waals surface area contributed by atoms with Gasteiger partial charge in [-0.1, -0.05) is 13.3 Å². The SMILES string of the molecule is CCCCOCCNC(=NC)NC(C)Cc1c(C)nn(C)c1C. The Kier molecular flexibility index (Phi) is 8.69. The van der Waals surface area contributed by atoms with E-state index >= 15 is 0 Å². The van der Waals surface area contributed by atoms with Crippen molar-refractivity contribution in [2.24, 2.45) is 12.0 Å². The molecule has 1 aromatic heterocycles. The molecule has 1 heterocycles. The van der Waals surface area contributed by atoms with Crippen LogP contribution in [0, 0.1) is 13.8 Å². The van der Waals surface area contributed by atoms with Gasteiger partial charge in [-0.25, -0.2) is 0 Å². The standard InChI is InChI=1S/C17H33N5O/c1-7-8-10-23-11-9-19-17(18-5)20-13(2)12-16-14(3)21-22(6)15(16)4/h13H,7-12H2,1-6H3,(H2,18,19,20). The number of guanidine groups is 1. The van der Waals surface area contributed by atoms with Crippen LogP contribution in [0.2, 0.25) is 0 Å². The summed E-state index contributed by atoms with van der Waals surface area (Å²) in [5.74, 6) is 0.816. The predicted octanol–water partition coefficient (Wildman–Crippen LogP) is 1.95. The minimum absolute atomic E-state index is 0.281. The average Bonchev–Trinajstić information content (AvgIpc) is 2.76. The third-order valence-electron chi connectivity index (χ3n) is 3.96. The van der Waals surface area contributed by atoms with Gasteiger partial charge in [0.1, 0.15) is 0 Å². The number of hydrogen-bond donors (Lipinski definition) is 2. The fourth-order valence-electron chi connectivity index (χ4n) is 2.49. The lowest BCUT2D eigenvalue weighted by Crippen LogP contribution is -2.44. The minimum Gasteiger partial charge on any atom is -0.380 e. The first-order valence-corrected chi connectivity index (χ1v) is 8.53. The number of nitrogens with one attached hydrogen (secondary N) is 2. The van der Waals surface area contributed by atoms with Gasteiger partial charge in [0.15, 0.2) is 5.96 Å². The van der Waals surface area contributed by atoms with Gasteiger partial charge in [-0.15, -0.1) is 0 Å². The number of aromatic nitrogens is 2. The summed E-state index contributed by atoms with van der Waals surface area (Å²) in [6.07, 6.45) is 3.22. The number of rotatable bonds is 9. The highest BCUT2D eigenvalue weighted by atomic mass is 16.5. The lowest BCUT2D eigenvalue weighted by Gasteiger charge is -2.18. The first kappa shape index (κ1) is 19.5. The molecule has 0 fully saturated rings. The molecule has 0 bridgehead atoms. The molecule has 0 aliphatic carbocycles. The second-order valence-electron chi connectivity index (χ2n) is 5.99. The smallest absolute Gasteiger partial charge is 0.191 e. The van der Waals surface area contributed by atoms with Gasteiger partial charge in [0.25, 0.3) is 0 Å². The van der Waals surface area contributed by atoms with Crippen molar-refractivity contribution >= 4 is 5.96 Å². The topological polar surface area (TPSA) is 63.5 Å². The molecule has 23 heavy (non-hydrogen) atoms. The van der Waals surface area contributed by atoms with Crippen LogP contribution in [-0.4, -0.2) is 48.6 Å². The van der Waals surface area contributed by atoms with Crippen LogP contribution < -0.4 is 10.6 Å². The Bertz CT molecular complexity index is 495. The molecule has 0 amide bonds. The van der Waals surface area contributed by atoms with Crippen molar-refractivity contribution < 1.29 is 4.74 Å². The van der Waals surface area contributed by atoms with Crippen molar-refractivity contribution in [1.29, 1.82) is 0 Å². The zero-order valence-electron chi connectivity index (χ0n) is 15.6. The normalized spacial score (nSPS) is 13.2. The lowest BCUT2D eigenvalue weighted by atomic mass is 10.1. The first-order valence-electron chi connectivity index (χ1n) is 8.53. The predicted molar refractivity (Wildman–Crippen MR) is 96.1 cm³/mol. The van der Waals surface area contributed by atoms with Crippen LogP contribution in [-0.2, 0) is 18.2 Å². The van der Waals surface area contributed by atoms with Crippen LogP contribution in [0.1, 0.15) is 43.6 Å². The molecule has 1 unspecified atom stereocenters. The highest BCUT2D eigenvalue weighted by Crippen LogP contribution is 2.13. The van der Waals surface area contributed by atoms with Gasteiger partial charge in [0.2, 0.25) is 0 Å². The molecule has 0 saturated heterocycles. The van der Waals surface area contributed by atoms with Crippen molar-refractivity contribution in [2.75, 3.05) is 26.8 Å². The molecule has 1 atom stereocenters. The van der Waals surface area contributed by atoms with Gasteiger partial charge < -0.3 is 15.4 Å². The van der Waals surface area contributed by atoms with Gasteiger partial charge in [0.05, 0.1) is 12.3 Å². The second-order valence-corrected chi connectivity index (χ2v) is 5.99. The summed E-state index contributed by atoms with van der Waals surface area (Å²) < 4.78 is 7.49. The van der Waals surface area contributed by atoms with E-state index in [1.54, 1.807) is 7.05 Å². The van der Waals surface area contributed by atoms with Crippen LogP contribution in [0.25, 0.3) is 0 Å². The van der Waals surface area contributed by atoms with Crippen molar-refractivity contribution in [3.8, 4) is 0 Å². The molecule has 6 heteroatoms. The Morgan fingerprint density at radius 3 is 2.65 bits per heavy atom. The van der Waals surface area contributed by atoms with Gasteiger partial charge >= 0.3 is 0 Å². The van der Waals surface area contributed by atoms with E-state index in [0.29, 0.717) is 6.61 Å². The van der Waals surface area contributed by atoms with E-state index in [9.17, 15) is 0 Å². The Hall–Kier alpha value is -1.56. The number of aliphatic imine (C=N–C) groups is 1. The van der Waals surface area contributed by atoms with Crippen molar-refractivity contribution in [3.05, 3.63) is 17.0 Å². The van der Waals surface area contributed by atoms with Crippen LogP contribution >= 0.6 is 0 Å². The molecular formula is C17H33N5O. The maximum atomic E-state index is 5.55. The maximum absolute atomic E-state index is 5.55. The van der Waals surface area contributed by atoms with E-state index < -0.39 is 0 Å². The highest BCUT2D eigenvalue weighted by Gasteiger charge is 2.13. The molecule has 6 nitrogen and oxygen atoms in total. The van der Waals surface area contributed by atoms with Crippen LogP contribution in [0.3, 0.4) is 0 Å². The number of ether oxygens (including phenoxy) is 1. The summed E-state index contributed by atoms with van der Waals surface area (Å²) in [6, 6.07) is 0.281. The third kappa shape index (κ3) is 6.60. The summed E-state index contributed by atoms with van der Waals surface area (Å²) in [6.45, 7) is 10.8. The summed E-state index contributed by atoms with van der Waals surface area (Å²) >= 11 is 0. The quantitative estimate of drug-likeness (QED) is 0.414. The van der Waals surface area contributed by atoms with Crippen molar-refractivity contribution in [1.82, 2.24) is 20.4 Å². The van der Waals surface area contributed by atoms with Crippen molar-refractivity contribution in [2.45, 2.75) is 53.0 Å². The third-order valence-corrected chi connectivity index (χ3v) is 3.96. The highest BCUT2D eigenvalue weighted by molar-refractivity contribution is 5.79. The Morgan fingerprint density at radius 1 is 1.35 bits per heavy atom. The summed E-state index contributed by atoms with van der Waals surface area (Å²) in [5, 5.41) is 11.2. The maximum Gasteiger partial charge on any atom is 0.191 e. The molecule has 0 aromatic carbocycles. The van der Waals surface area contributed by atoms with E-state index in [-0.39, 0.29) is 6.04 Å². The molecule has 132 valence electrons. The fraction of sp³-hybridized carbons (Fsp3) is 0.765. The van der Waals surface area contributed by atoms with Crippen molar-refractivity contribution in [3.63, 3.8) is 0 Å². The molecule has 0 radical (unpaired) electrons. The number of unbranched alkanes of at least 4 members (excludes halogenated alkanes) is 1. The number of aryl methyl sites for hydroxylation is 2. The van der Waals surface area contributed by atoms with Gasteiger partial charge in [-0.3, -0.25) is 9.67 Å². The molecular weight excluding hydrogens is 290 g/mol. The largest absolute Gasteiger partial charge is 0.380 e. The Morgan fingerprint density at radius 2 is 2.09 bits per heavy atom. The number of hydrogen-bond acceptors (Lipinski definition) is 3. The molecule has 0 saturated carbocycles. The second kappa shape index (κ2) is 10.3. The molecule has 0 aliphatic rings. The Balaban J connectivity index is 2.37. The molecule has 0 aliphatic heterocycles. The summed E-state index contributed by atoms with van der Waals surface area (Å²) in [7, 11) is 3.78. The lowest BCUT2D eigenvalue weighted by molar-refractivity contribution is 0.136. The fourth-order valence-corrected chi connectivity index (χ4v) is 2.49. The zero-order chi connectivity index (χ0) is 17.2. The van der Waals surface area contributed by atoms with E-state index in [1.165, 1.54) is 17.7 Å². The van der Waals surface area contributed by atoms with E-state index in [0.717, 1.165) is 37.6 Å². The van der Waals surface area contributed by atoms with Gasteiger partial charge in [0, 0.05) is 39.0 Å². The molecule has 1 rings (SSSR count). The van der Waals surface area contributed by atoms with Gasteiger partial charge in [-0.2, -0.15) is 5.10 Å². The summed E-state index contributed by atoms with van der Waals surface area (Å²) in [5.41, 5.74) is 3.64. The van der Waals surface area contributed by atoms with Crippen LogP contribution in [0.15, 0.2) is 4.99 Å². The van der Waals surface area contributed by atoms with E-state index in [2.05, 4.69) is 48.4 Å². The average molecular weight is 323 g/mol. The monoisotopic (exact) mass is 323 g/mol. The molecule has 2 N–H and O–H groups in total. The zero-order valence-corrected chi connectivity index (χ0v) is 15.6. The summed E-state index contributed by atoms with van der Waals surface area (Å²) in [4.78, 5) is 4.27. The van der Waals surface area contributed by atoms with Crippen LogP contribution in [0.5, 0.6) is 0 Å². The van der Waals surface area contributed by atoms with Gasteiger partial charge in [-0.05, 0) is 39.2 Å².